The number of aliphatic carboxylic acids is 1. The van der Waals surface area contributed by atoms with E-state index in [0.29, 0.717) is 6.42 Å². The second-order valence-electron chi connectivity index (χ2n) is 16.1. The van der Waals surface area contributed by atoms with Crippen LogP contribution in [0.3, 0.4) is 0 Å². The number of unbranched alkanes of at least 4 members (excludes halogenated alkanes) is 35. The third-order valence-electron chi connectivity index (χ3n) is 11.2. The predicted octanol–water partition coefficient (Wildman–Crippen LogP) is 15.4. The van der Waals surface area contributed by atoms with Gasteiger partial charge in [0.05, 0.1) is 5.92 Å². The van der Waals surface area contributed by atoms with E-state index in [1.807, 2.05) is 6.92 Å². The van der Waals surface area contributed by atoms with Crippen molar-refractivity contribution >= 4 is 11.9 Å². The maximum absolute atomic E-state index is 12.1. The molecule has 0 aromatic heterocycles. The first-order valence-corrected chi connectivity index (χ1v) is 23.1. The lowest BCUT2D eigenvalue weighted by atomic mass is 9.98. The lowest BCUT2D eigenvalue weighted by Gasteiger charge is -2.08. The average molecular weight is 706 g/mol. The molecule has 0 saturated carbocycles. The van der Waals surface area contributed by atoms with Gasteiger partial charge in [-0.1, -0.05) is 239 Å². The number of carbonyl (C=O) groups is 2. The fourth-order valence-electron chi connectivity index (χ4n) is 7.53. The summed E-state index contributed by atoms with van der Waals surface area (Å²) in [5, 5.41) is 12.3. The van der Waals surface area contributed by atoms with Gasteiger partial charge >= 0.3 is 5.97 Å². The van der Waals surface area contributed by atoms with E-state index in [0.717, 1.165) is 38.6 Å². The van der Waals surface area contributed by atoms with E-state index in [-0.39, 0.29) is 11.8 Å². The van der Waals surface area contributed by atoms with Gasteiger partial charge in [0.25, 0.3) is 0 Å². The number of rotatable bonds is 43. The maximum atomic E-state index is 12.1. The Balaban J connectivity index is 3.18. The van der Waals surface area contributed by atoms with Gasteiger partial charge in [-0.3, -0.25) is 9.59 Å². The molecule has 0 bridgehead atoms. The van der Waals surface area contributed by atoms with Crippen LogP contribution < -0.4 is 5.32 Å². The van der Waals surface area contributed by atoms with Gasteiger partial charge in [-0.25, -0.2) is 0 Å². The summed E-state index contributed by atoms with van der Waals surface area (Å²) in [4.78, 5) is 23.2. The van der Waals surface area contributed by atoms with E-state index in [2.05, 4.69) is 12.2 Å². The van der Waals surface area contributed by atoms with Gasteiger partial charge < -0.3 is 10.4 Å². The standard InChI is InChI=1S/C46H91NO3/c1-3-5-6-7-8-9-10-11-12-13-14-15-16-17-18-19-20-24-27-30-33-36-39-42-45(48)47-43-40-37-34-31-28-25-22-21-23-26-29-32-35-38-41-44(4-2)46(49)50/h44H,3-43H2,1-2H3,(H,47,48)(H,49,50). The minimum Gasteiger partial charge on any atom is -0.481 e. The molecule has 0 aromatic carbocycles. The zero-order chi connectivity index (χ0) is 36.4. The third-order valence-corrected chi connectivity index (χ3v) is 11.2. The van der Waals surface area contributed by atoms with E-state index in [4.69, 9.17) is 5.11 Å². The van der Waals surface area contributed by atoms with Gasteiger partial charge in [-0.2, -0.15) is 0 Å². The highest BCUT2D eigenvalue weighted by atomic mass is 16.4. The summed E-state index contributed by atoms with van der Waals surface area (Å²) in [7, 11) is 0. The maximum Gasteiger partial charge on any atom is 0.306 e. The van der Waals surface area contributed by atoms with Gasteiger partial charge in [-0.05, 0) is 25.7 Å². The highest BCUT2D eigenvalue weighted by Gasteiger charge is 2.13. The predicted molar refractivity (Wildman–Crippen MR) is 220 cm³/mol. The van der Waals surface area contributed by atoms with Crippen molar-refractivity contribution in [2.45, 2.75) is 271 Å². The second kappa shape index (κ2) is 42.4. The molecule has 4 heteroatoms. The summed E-state index contributed by atoms with van der Waals surface area (Å²) in [6.45, 7) is 5.13. The Bertz CT molecular complexity index is 680. The average Bonchev–Trinajstić information content (AvgIpc) is 3.11. The molecule has 1 amide bonds. The molecule has 1 atom stereocenters. The van der Waals surface area contributed by atoms with Gasteiger partial charge in [-0.15, -0.1) is 0 Å². The van der Waals surface area contributed by atoms with Crippen LogP contribution in [0.2, 0.25) is 0 Å². The minimum atomic E-state index is -0.622. The SMILES string of the molecule is CCCCCCCCCCCCCCCCCCCCCCCCCC(=O)NCCCCCCCCCCCCCCCCC(CC)C(=O)O. The highest BCUT2D eigenvalue weighted by molar-refractivity contribution is 5.75. The number of amides is 1. The topological polar surface area (TPSA) is 66.4 Å². The highest BCUT2D eigenvalue weighted by Crippen LogP contribution is 2.18. The lowest BCUT2D eigenvalue weighted by molar-refractivity contribution is -0.142. The molecule has 0 aliphatic heterocycles. The van der Waals surface area contributed by atoms with Crippen molar-refractivity contribution in [3.63, 3.8) is 0 Å². The quantitative estimate of drug-likeness (QED) is 0.0621. The van der Waals surface area contributed by atoms with E-state index < -0.39 is 5.97 Å². The lowest BCUT2D eigenvalue weighted by Crippen LogP contribution is -2.23. The Morgan fingerprint density at radius 1 is 0.400 bits per heavy atom. The van der Waals surface area contributed by atoms with Crippen molar-refractivity contribution in [1.29, 1.82) is 0 Å². The van der Waals surface area contributed by atoms with Gasteiger partial charge in [0.1, 0.15) is 0 Å². The van der Waals surface area contributed by atoms with Crippen molar-refractivity contribution in [3.8, 4) is 0 Å². The Morgan fingerprint density at radius 3 is 0.980 bits per heavy atom. The molecular weight excluding hydrogens is 615 g/mol. The first-order valence-electron chi connectivity index (χ1n) is 23.1. The fourth-order valence-corrected chi connectivity index (χ4v) is 7.53. The number of hydrogen-bond donors (Lipinski definition) is 2. The number of carboxylic acids is 1. The number of carboxylic acid groups (broad SMARTS) is 1. The molecule has 0 aromatic rings. The number of nitrogens with one attached hydrogen (secondary N) is 1. The van der Waals surface area contributed by atoms with Crippen molar-refractivity contribution in [2.75, 3.05) is 6.54 Å². The molecule has 0 fully saturated rings. The summed E-state index contributed by atoms with van der Waals surface area (Å²) in [6.07, 6.45) is 52.6. The van der Waals surface area contributed by atoms with Crippen LogP contribution in [0.4, 0.5) is 0 Å². The Morgan fingerprint density at radius 2 is 0.680 bits per heavy atom. The van der Waals surface area contributed by atoms with Crippen molar-refractivity contribution in [2.24, 2.45) is 5.92 Å². The van der Waals surface area contributed by atoms with Crippen molar-refractivity contribution in [1.82, 2.24) is 5.32 Å². The molecular formula is C46H91NO3. The molecule has 0 radical (unpaired) electrons. The zero-order valence-corrected chi connectivity index (χ0v) is 34.3. The van der Waals surface area contributed by atoms with E-state index in [9.17, 15) is 9.59 Å². The Labute approximate surface area is 314 Å². The molecule has 1 unspecified atom stereocenters. The summed E-state index contributed by atoms with van der Waals surface area (Å²) >= 11 is 0. The van der Waals surface area contributed by atoms with Crippen molar-refractivity contribution in [3.05, 3.63) is 0 Å². The zero-order valence-electron chi connectivity index (χ0n) is 34.3. The summed E-state index contributed by atoms with van der Waals surface area (Å²) < 4.78 is 0. The van der Waals surface area contributed by atoms with E-state index >= 15 is 0 Å². The van der Waals surface area contributed by atoms with Crippen LogP contribution in [0.5, 0.6) is 0 Å². The fraction of sp³-hybridized carbons (Fsp3) is 0.957. The minimum absolute atomic E-state index is 0.136. The van der Waals surface area contributed by atoms with Gasteiger partial charge in [0.15, 0.2) is 0 Å². The number of carbonyl (C=O) groups excluding carboxylic acids is 1. The molecule has 2 N–H and O–H groups in total. The van der Waals surface area contributed by atoms with Crippen LogP contribution in [0, 0.1) is 5.92 Å². The smallest absolute Gasteiger partial charge is 0.306 e. The van der Waals surface area contributed by atoms with Crippen LogP contribution in [0.1, 0.15) is 271 Å². The molecule has 0 saturated heterocycles. The number of hydrogen-bond acceptors (Lipinski definition) is 2. The van der Waals surface area contributed by atoms with Crippen LogP contribution in [0.25, 0.3) is 0 Å². The van der Waals surface area contributed by atoms with Crippen molar-refractivity contribution < 1.29 is 14.7 Å². The van der Waals surface area contributed by atoms with Gasteiger partial charge in [0.2, 0.25) is 5.91 Å². The van der Waals surface area contributed by atoms with E-state index in [1.54, 1.807) is 0 Å². The molecule has 0 spiro atoms. The molecule has 50 heavy (non-hydrogen) atoms. The monoisotopic (exact) mass is 706 g/mol. The largest absolute Gasteiger partial charge is 0.481 e. The van der Waals surface area contributed by atoms with E-state index in [1.165, 1.54) is 218 Å². The third kappa shape index (κ3) is 39.7. The molecule has 0 aliphatic carbocycles. The van der Waals surface area contributed by atoms with Crippen LogP contribution in [0.15, 0.2) is 0 Å². The summed E-state index contributed by atoms with van der Waals surface area (Å²) in [5.74, 6) is -0.497. The summed E-state index contributed by atoms with van der Waals surface area (Å²) in [5.41, 5.74) is 0. The van der Waals surface area contributed by atoms with Gasteiger partial charge in [0, 0.05) is 13.0 Å². The first kappa shape index (κ1) is 48.9. The molecule has 0 rings (SSSR count). The molecule has 298 valence electrons. The van der Waals surface area contributed by atoms with Crippen LogP contribution >= 0.6 is 0 Å². The van der Waals surface area contributed by atoms with Crippen LogP contribution in [-0.2, 0) is 9.59 Å². The Hall–Kier alpha value is -1.06. The van der Waals surface area contributed by atoms with Crippen LogP contribution in [-0.4, -0.2) is 23.5 Å². The Kier molecular flexibility index (Phi) is 41.5. The first-order chi connectivity index (χ1) is 24.6. The normalized spacial score (nSPS) is 12.0. The second-order valence-corrected chi connectivity index (χ2v) is 16.1. The molecule has 4 nitrogen and oxygen atoms in total. The molecule has 0 heterocycles. The summed E-state index contributed by atoms with van der Waals surface area (Å²) in [6, 6.07) is 0. The molecule has 0 aliphatic rings.